The molecule has 2 amide bonds. The van der Waals surface area contributed by atoms with E-state index in [1.54, 1.807) is 0 Å². The van der Waals surface area contributed by atoms with Crippen molar-refractivity contribution in [3.63, 3.8) is 0 Å². The van der Waals surface area contributed by atoms with Gasteiger partial charge in [0.1, 0.15) is 12.6 Å². The van der Waals surface area contributed by atoms with Crippen LogP contribution in [0.2, 0.25) is 0 Å². The number of carbonyl (C=O) groups excluding carboxylic acids is 2. The molecule has 9 heteroatoms. The number of hydrogen-bond acceptors (Lipinski definition) is 6. The van der Waals surface area contributed by atoms with Crippen molar-refractivity contribution in [2.45, 2.75) is 31.5 Å². The van der Waals surface area contributed by atoms with E-state index < -0.39 is 29.8 Å². The van der Waals surface area contributed by atoms with E-state index in [2.05, 4.69) is 0 Å². The first-order valence-electron chi connectivity index (χ1n) is 8.63. The molecule has 0 radical (unpaired) electrons. The molecule has 27 heavy (non-hydrogen) atoms. The van der Waals surface area contributed by atoms with Crippen LogP contribution < -0.4 is 4.84 Å². The number of rotatable bonds is 5. The van der Waals surface area contributed by atoms with Crippen molar-refractivity contribution in [2.24, 2.45) is 0 Å². The minimum atomic E-state index is -0.805. The van der Waals surface area contributed by atoms with Crippen molar-refractivity contribution in [3.8, 4) is 11.8 Å². The van der Waals surface area contributed by atoms with Crippen LogP contribution in [0.3, 0.4) is 0 Å². The summed E-state index contributed by atoms with van der Waals surface area (Å²) < 4.78 is 0.624. The van der Waals surface area contributed by atoms with Gasteiger partial charge in [0.15, 0.2) is 0 Å². The Labute approximate surface area is 154 Å². The van der Waals surface area contributed by atoms with Gasteiger partial charge in [-0.3, -0.25) is 4.84 Å². The summed E-state index contributed by atoms with van der Waals surface area (Å²) >= 11 is 0. The fraction of sp³-hybridized carbons (Fsp3) is 0.333. The van der Waals surface area contributed by atoms with Crippen molar-refractivity contribution < 1.29 is 29.5 Å². The van der Waals surface area contributed by atoms with Crippen LogP contribution in [0, 0.1) is 0 Å². The number of fused-ring (bicyclic) bond motifs is 2. The summed E-state index contributed by atoms with van der Waals surface area (Å²) in [6.07, 6.45) is 0.990. The molecule has 9 nitrogen and oxygen atoms in total. The number of urea groups is 1. The third-order valence-electron chi connectivity index (χ3n) is 4.79. The Kier molecular flexibility index (Phi) is 4.36. The van der Waals surface area contributed by atoms with Crippen LogP contribution in [0.25, 0.3) is 0 Å². The van der Waals surface area contributed by atoms with E-state index in [4.69, 9.17) is 9.68 Å². The Hall–Kier alpha value is -3.20. The van der Waals surface area contributed by atoms with Gasteiger partial charge in [-0.15, -0.1) is 4.73 Å². The average Bonchev–Trinajstić information content (AvgIpc) is 3.12. The first kappa shape index (κ1) is 17.2. The van der Waals surface area contributed by atoms with Crippen molar-refractivity contribution in [2.75, 3.05) is 6.54 Å². The number of aromatic hydroxyl groups is 2. The molecule has 0 unspecified atom stereocenters. The Morgan fingerprint density at radius 3 is 2.48 bits per heavy atom. The van der Waals surface area contributed by atoms with Gasteiger partial charge < -0.3 is 20.0 Å². The maximum Gasteiger partial charge on any atom is 0.355 e. The highest BCUT2D eigenvalue weighted by atomic mass is 16.7. The number of hydrogen-bond donors (Lipinski definition) is 2. The minimum absolute atomic E-state index is 0.126. The summed E-state index contributed by atoms with van der Waals surface area (Å²) in [5.74, 6) is -1.54. The summed E-state index contributed by atoms with van der Waals surface area (Å²) in [6.45, 7) is 0.619. The maximum absolute atomic E-state index is 12.7. The molecular weight excluding hydrogens is 354 g/mol. The third-order valence-corrected chi connectivity index (χ3v) is 4.79. The first-order chi connectivity index (χ1) is 13.0. The number of amides is 2. The standard InChI is InChI=1S/C18H19N3O6/c22-15-8-9-16(23)21(15)27-17(24)14-7-6-13-10-19(14)18(25)20(13)26-11-12-4-2-1-3-5-12/h1-5,8-9,13-14,22-23H,6-7,10-11H2/t13-,14+/m1/s1. The minimum Gasteiger partial charge on any atom is -0.492 e. The van der Waals surface area contributed by atoms with E-state index in [0.717, 1.165) is 5.56 Å². The van der Waals surface area contributed by atoms with Gasteiger partial charge in [-0.2, -0.15) is 5.06 Å². The predicted molar refractivity (Wildman–Crippen MR) is 91.3 cm³/mol. The van der Waals surface area contributed by atoms with Crippen molar-refractivity contribution >= 4 is 12.0 Å². The summed E-state index contributed by atoms with van der Waals surface area (Å²) in [4.78, 5) is 37.3. The summed E-state index contributed by atoms with van der Waals surface area (Å²) in [5.41, 5.74) is 0.941. The molecule has 2 saturated heterocycles. The summed E-state index contributed by atoms with van der Waals surface area (Å²) in [6, 6.07) is 10.6. The van der Waals surface area contributed by atoms with Crippen molar-refractivity contribution in [1.82, 2.24) is 14.7 Å². The highest BCUT2D eigenvalue weighted by Gasteiger charge is 2.48. The number of aromatic nitrogens is 1. The molecule has 1 aromatic heterocycles. The van der Waals surface area contributed by atoms with Crippen LogP contribution in [0.1, 0.15) is 18.4 Å². The van der Waals surface area contributed by atoms with Gasteiger partial charge in [-0.1, -0.05) is 30.3 Å². The maximum atomic E-state index is 12.7. The quantitative estimate of drug-likeness (QED) is 0.818. The highest BCUT2D eigenvalue weighted by Crippen LogP contribution is 2.31. The van der Waals surface area contributed by atoms with E-state index in [1.807, 2.05) is 30.3 Å². The Morgan fingerprint density at radius 1 is 1.07 bits per heavy atom. The molecule has 2 aliphatic heterocycles. The third kappa shape index (κ3) is 3.17. The number of nitrogens with zero attached hydrogens (tertiary/aromatic N) is 3. The summed E-state index contributed by atoms with van der Waals surface area (Å²) in [5, 5.41) is 20.5. The molecule has 1 aromatic carbocycles. The fourth-order valence-corrected chi connectivity index (χ4v) is 3.41. The largest absolute Gasteiger partial charge is 0.492 e. The number of piperidine rings is 1. The highest BCUT2D eigenvalue weighted by molar-refractivity contribution is 5.85. The van der Waals surface area contributed by atoms with E-state index in [-0.39, 0.29) is 12.6 Å². The first-order valence-corrected chi connectivity index (χ1v) is 8.63. The zero-order chi connectivity index (χ0) is 19.0. The topological polar surface area (TPSA) is 104 Å². The summed E-state index contributed by atoms with van der Waals surface area (Å²) in [7, 11) is 0. The molecule has 2 N–H and O–H groups in total. The second-order valence-electron chi connectivity index (χ2n) is 6.52. The molecular formula is C18H19N3O6. The van der Waals surface area contributed by atoms with Crippen molar-refractivity contribution in [1.29, 1.82) is 0 Å². The zero-order valence-electron chi connectivity index (χ0n) is 14.4. The van der Waals surface area contributed by atoms with Crippen LogP contribution in [0.4, 0.5) is 4.79 Å². The van der Waals surface area contributed by atoms with Gasteiger partial charge in [0.05, 0.1) is 6.04 Å². The van der Waals surface area contributed by atoms with Gasteiger partial charge in [0.2, 0.25) is 11.8 Å². The lowest BCUT2D eigenvalue weighted by Crippen LogP contribution is -2.48. The number of carbonyl (C=O) groups is 2. The molecule has 0 saturated carbocycles. The molecule has 2 fully saturated rings. The van der Waals surface area contributed by atoms with Gasteiger partial charge in [-0.05, 0) is 18.4 Å². The molecule has 0 spiro atoms. The van der Waals surface area contributed by atoms with Crippen LogP contribution >= 0.6 is 0 Å². The zero-order valence-corrected chi connectivity index (χ0v) is 14.4. The van der Waals surface area contributed by atoms with Gasteiger partial charge >= 0.3 is 12.0 Å². The molecule has 2 aromatic rings. The van der Waals surface area contributed by atoms with E-state index >= 15 is 0 Å². The molecule has 2 bridgehead atoms. The van der Waals surface area contributed by atoms with Crippen LogP contribution in [-0.4, -0.2) is 55.5 Å². The Balaban J connectivity index is 1.42. The SMILES string of the molecule is O=C(On1c(O)ccc1O)[C@@H]1CC[C@@H]2CN1C(=O)N2OCc1ccccc1. The van der Waals surface area contributed by atoms with Crippen molar-refractivity contribution in [3.05, 3.63) is 48.0 Å². The monoisotopic (exact) mass is 373 g/mol. The van der Waals surface area contributed by atoms with Gasteiger partial charge in [-0.25, -0.2) is 9.59 Å². The molecule has 2 atom stereocenters. The Bertz CT molecular complexity index is 833. The van der Waals surface area contributed by atoms with E-state index in [0.29, 0.717) is 24.1 Å². The van der Waals surface area contributed by atoms with E-state index in [9.17, 15) is 19.8 Å². The second-order valence-corrected chi connectivity index (χ2v) is 6.52. The molecule has 3 heterocycles. The van der Waals surface area contributed by atoms with Crippen LogP contribution in [-0.2, 0) is 16.2 Å². The molecule has 0 aliphatic carbocycles. The lowest BCUT2D eigenvalue weighted by atomic mass is 10.0. The fourth-order valence-electron chi connectivity index (χ4n) is 3.41. The Morgan fingerprint density at radius 2 is 1.78 bits per heavy atom. The second kappa shape index (κ2) is 6.84. The lowest BCUT2D eigenvalue weighted by Gasteiger charge is -2.28. The predicted octanol–water partition coefficient (Wildman–Crippen LogP) is 1.25. The van der Waals surface area contributed by atoms with Gasteiger partial charge in [0.25, 0.3) is 0 Å². The smallest absolute Gasteiger partial charge is 0.355 e. The normalized spacial score (nSPS) is 21.6. The molecule has 2 aliphatic rings. The average molecular weight is 373 g/mol. The van der Waals surface area contributed by atoms with Gasteiger partial charge in [0, 0.05) is 18.7 Å². The van der Waals surface area contributed by atoms with Crippen LogP contribution in [0.5, 0.6) is 11.8 Å². The lowest BCUT2D eigenvalue weighted by molar-refractivity contribution is -0.151. The number of benzene rings is 1. The van der Waals surface area contributed by atoms with E-state index in [1.165, 1.54) is 22.1 Å². The molecule has 4 rings (SSSR count). The number of hydroxylamine groups is 2. The molecule has 142 valence electrons. The van der Waals surface area contributed by atoms with Crippen LogP contribution in [0.15, 0.2) is 42.5 Å².